The Labute approximate surface area is 215 Å². The summed E-state index contributed by atoms with van der Waals surface area (Å²) < 4.78 is 28.0. The number of unbranched alkanes of at least 4 members (excludes halogenated alkanes) is 1. The molecule has 2 N–H and O–H groups in total. The molecular weight excluding hydrogens is 472 g/mol. The summed E-state index contributed by atoms with van der Waals surface area (Å²) in [5.74, 6) is 1.23. The van der Waals surface area contributed by atoms with E-state index in [4.69, 9.17) is 29.4 Å². The van der Waals surface area contributed by atoms with Gasteiger partial charge in [-0.05, 0) is 42.8 Å². The second kappa shape index (κ2) is 11.4. The Hall–Kier alpha value is -4.64. The molecule has 0 aromatic heterocycles. The van der Waals surface area contributed by atoms with Crippen LogP contribution in [0.4, 0.5) is 0 Å². The van der Waals surface area contributed by atoms with Gasteiger partial charge in [0.1, 0.15) is 28.9 Å². The van der Waals surface area contributed by atoms with Gasteiger partial charge in [-0.25, -0.2) is 4.79 Å². The number of carbonyl (C=O) groups is 1. The molecule has 1 atom stereocenters. The number of methoxy groups -OCH3 is 2. The van der Waals surface area contributed by atoms with E-state index in [1.807, 2.05) is 12.1 Å². The first-order valence-corrected chi connectivity index (χ1v) is 11.9. The van der Waals surface area contributed by atoms with Crippen LogP contribution in [0.15, 0.2) is 72.1 Å². The molecule has 0 spiro atoms. The smallest absolute Gasteiger partial charge is 0.343 e. The largest absolute Gasteiger partial charge is 0.494 e. The Bertz CT molecular complexity index is 1360. The standard InChI is InChI=1S/C29H28N2O6/c1-4-5-15-35-19-11-9-18(10-12-19)29(32)36-20-13-14-21-25(16-20)37-28(31)23(17-30)26(21)22-7-6-8-24(33-2)27(22)34-3/h6-14,16,26H,4-5,15,31H2,1-3H3. The fourth-order valence-electron chi connectivity index (χ4n) is 4.15. The van der Waals surface area contributed by atoms with Crippen molar-refractivity contribution in [3.63, 3.8) is 0 Å². The van der Waals surface area contributed by atoms with Crippen LogP contribution >= 0.6 is 0 Å². The van der Waals surface area contributed by atoms with E-state index in [0.717, 1.165) is 12.8 Å². The number of fused-ring (bicyclic) bond motifs is 1. The van der Waals surface area contributed by atoms with Crippen LogP contribution in [0.25, 0.3) is 0 Å². The summed E-state index contributed by atoms with van der Waals surface area (Å²) in [6, 6.07) is 19.4. The van der Waals surface area contributed by atoms with Crippen molar-refractivity contribution < 1.29 is 28.5 Å². The number of carbonyl (C=O) groups excluding carboxylic acids is 1. The monoisotopic (exact) mass is 500 g/mol. The molecule has 0 radical (unpaired) electrons. The van der Waals surface area contributed by atoms with Crippen LogP contribution in [0.3, 0.4) is 0 Å². The molecule has 8 nitrogen and oxygen atoms in total. The zero-order valence-corrected chi connectivity index (χ0v) is 20.9. The van der Waals surface area contributed by atoms with Gasteiger partial charge >= 0.3 is 5.97 Å². The predicted octanol–water partition coefficient (Wildman–Crippen LogP) is 5.32. The fourth-order valence-corrected chi connectivity index (χ4v) is 4.15. The number of ether oxygens (including phenoxy) is 5. The average molecular weight is 501 g/mol. The van der Waals surface area contributed by atoms with Crippen LogP contribution < -0.4 is 29.4 Å². The zero-order chi connectivity index (χ0) is 26.4. The van der Waals surface area contributed by atoms with Crippen LogP contribution in [-0.2, 0) is 0 Å². The molecule has 3 aromatic rings. The van der Waals surface area contributed by atoms with Crippen molar-refractivity contribution in [2.24, 2.45) is 5.73 Å². The number of para-hydroxylation sites is 1. The summed E-state index contributed by atoms with van der Waals surface area (Å²) in [7, 11) is 3.08. The van der Waals surface area contributed by atoms with Crippen molar-refractivity contribution in [3.8, 4) is 34.8 Å². The molecule has 37 heavy (non-hydrogen) atoms. The van der Waals surface area contributed by atoms with E-state index in [-0.39, 0.29) is 17.2 Å². The van der Waals surface area contributed by atoms with Crippen LogP contribution in [0.5, 0.6) is 28.7 Å². The maximum Gasteiger partial charge on any atom is 0.343 e. The zero-order valence-electron chi connectivity index (χ0n) is 20.9. The minimum absolute atomic E-state index is 0.0352. The molecule has 3 aromatic carbocycles. The van der Waals surface area contributed by atoms with Crippen molar-refractivity contribution in [3.05, 3.63) is 88.8 Å². The maximum absolute atomic E-state index is 12.7. The van der Waals surface area contributed by atoms with Gasteiger partial charge in [-0.2, -0.15) is 5.26 Å². The lowest BCUT2D eigenvalue weighted by molar-refractivity contribution is 0.0734. The highest BCUT2D eigenvalue weighted by Crippen LogP contribution is 2.47. The first kappa shape index (κ1) is 25.5. The highest BCUT2D eigenvalue weighted by atomic mass is 16.5. The fraction of sp³-hybridized carbons (Fsp3) is 0.241. The van der Waals surface area contributed by atoms with E-state index in [0.29, 0.717) is 46.3 Å². The summed E-state index contributed by atoms with van der Waals surface area (Å²) in [5.41, 5.74) is 8.12. The van der Waals surface area contributed by atoms with Crippen molar-refractivity contribution in [2.45, 2.75) is 25.7 Å². The lowest BCUT2D eigenvalue weighted by atomic mass is 9.83. The summed E-state index contributed by atoms with van der Waals surface area (Å²) in [6.45, 7) is 2.72. The van der Waals surface area contributed by atoms with Crippen molar-refractivity contribution in [1.82, 2.24) is 0 Å². The van der Waals surface area contributed by atoms with Gasteiger partial charge in [-0.1, -0.05) is 31.5 Å². The number of hydrogen-bond acceptors (Lipinski definition) is 8. The van der Waals surface area contributed by atoms with Gasteiger partial charge in [0.25, 0.3) is 0 Å². The molecular formula is C29H28N2O6. The lowest BCUT2D eigenvalue weighted by Gasteiger charge is -2.28. The number of esters is 1. The van der Waals surface area contributed by atoms with Crippen LogP contribution in [0.1, 0.15) is 47.2 Å². The first-order chi connectivity index (χ1) is 18.0. The number of allylic oxidation sites excluding steroid dienone is 1. The third-order valence-electron chi connectivity index (χ3n) is 6.00. The van der Waals surface area contributed by atoms with E-state index < -0.39 is 11.9 Å². The maximum atomic E-state index is 12.7. The molecule has 1 heterocycles. The van der Waals surface area contributed by atoms with E-state index in [9.17, 15) is 10.1 Å². The van der Waals surface area contributed by atoms with Crippen molar-refractivity contribution >= 4 is 5.97 Å². The number of nitrogens with zero attached hydrogens (tertiary/aromatic N) is 1. The Morgan fingerprint density at radius 3 is 2.46 bits per heavy atom. The van der Waals surface area contributed by atoms with Crippen LogP contribution in [0, 0.1) is 11.3 Å². The minimum atomic E-state index is -0.566. The highest BCUT2D eigenvalue weighted by molar-refractivity contribution is 5.91. The molecule has 4 rings (SSSR count). The molecule has 0 aliphatic carbocycles. The third-order valence-corrected chi connectivity index (χ3v) is 6.00. The van der Waals surface area contributed by atoms with Crippen molar-refractivity contribution in [1.29, 1.82) is 5.26 Å². The molecule has 1 aliphatic rings. The summed E-state index contributed by atoms with van der Waals surface area (Å²) in [4.78, 5) is 12.7. The summed E-state index contributed by atoms with van der Waals surface area (Å²) in [5, 5.41) is 9.87. The summed E-state index contributed by atoms with van der Waals surface area (Å²) >= 11 is 0. The number of hydrogen-bond donors (Lipinski definition) is 1. The Kier molecular flexibility index (Phi) is 7.84. The topological polar surface area (TPSA) is 113 Å². The molecule has 190 valence electrons. The van der Waals surface area contributed by atoms with Gasteiger partial charge in [0, 0.05) is 17.2 Å². The molecule has 1 aliphatic heterocycles. The van der Waals surface area contributed by atoms with Gasteiger partial charge in [0.05, 0.1) is 32.3 Å². The highest BCUT2D eigenvalue weighted by Gasteiger charge is 2.33. The van der Waals surface area contributed by atoms with Crippen LogP contribution in [0.2, 0.25) is 0 Å². The average Bonchev–Trinajstić information content (AvgIpc) is 2.92. The van der Waals surface area contributed by atoms with E-state index in [2.05, 4.69) is 13.0 Å². The molecule has 0 bridgehead atoms. The first-order valence-electron chi connectivity index (χ1n) is 11.9. The van der Waals surface area contributed by atoms with Gasteiger partial charge in [-0.3, -0.25) is 0 Å². The SMILES string of the molecule is CCCCOc1ccc(C(=O)Oc2ccc3c(c2)OC(N)=C(C#N)C3c2cccc(OC)c2OC)cc1. The van der Waals surface area contributed by atoms with Gasteiger partial charge in [0.15, 0.2) is 11.5 Å². The van der Waals surface area contributed by atoms with Gasteiger partial charge < -0.3 is 29.4 Å². The minimum Gasteiger partial charge on any atom is -0.494 e. The number of nitriles is 1. The Morgan fingerprint density at radius 2 is 1.78 bits per heavy atom. The molecule has 0 saturated heterocycles. The van der Waals surface area contributed by atoms with Gasteiger partial charge in [-0.15, -0.1) is 0 Å². The Morgan fingerprint density at radius 1 is 1.03 bits per heavy atom. The molecule has 0 fully saturated rings. The second-order valence-corrected chi connectivity index (χ2v) is 8.32. The summed E-state index contributed by atoms with van der Waals surface area (Å²) in [6.07, 6.45) is 2.01. The molecule has 1 unspecified atom stereocenters. The van der Waals surface area contributed by atoms with Crippen LogP contribution in [-0.4, -0.2) is 26.8 Å². The lowest BCUT2D eigenvalue weighted by Crippen LogP contribution is -2.21. The normalized spacial score (nSPS) is 14.2. The molecule has 0 amide bonds. The van der Waals surface area contributed by atoms with Gasteiger partial charge in [0.2, 0.25) is 5.88 Å². The predicted molar refractivity (Wildman–Crippen MR) is 137 cm³/mol. The second-order valence-electron chi connectivity index (χ2n) is 8.32. The van der Waals surface area contributed by atoms with Crippen molar-refractivity contribution in [2.75, 3.05) is 20.8 Å². The molecule has 8 heteroatoms. The third kappa shape index (κ3) is 5.31. The number of benzene rings is 3. The number of nitrogens with two attached hydrogens (primary N) is 1. The Balaban J connectivity index is 1.61. The number of rotatable bonds is 9. The van der Waals surface area contributed by atoms with E-state index in [1.165, 1.54) is 7.11 Å². The quantitative estimate of drug-likeness (QED) is 0.239. The van der Waals surface area contributed by atoms with E-state index >= 15 is 0 Å². The van der Waals surface area contributed by atoms with E-state index in [1.54, 1.807) is 55.6 Å². The molecule has 0 saturated carbocycles.